The number of rotatable bonds is 7. The molecule has 2 amide bonds. The van der Waals surface area contributed by atoms with Gasteiger partial charge in [-0.2, -0.15) is 0 Å². The maximum atomic E-state index is 13.5. The average molecular weight is 446 g/mol. The normalized spacial score (nSPS) is 19.6. The van der Waals surface area contributed by atoms with Crippen LogP contribution in [0.3, 0.4) is 0 Å². The molecular weight excluding hydrogens is 414 g/mol. The van der Waals surface area contributed by atoms with E-state index in [0.29, 0.717) is 11.4 Å². The number of nitrogens with zero attached hydrogens (tertiary/aromatic N) is 4. The van der Waals surface area contributed by atoms with E-state index in [0.717, 1.165) is 5.56 Å². The van der Waals surface area contributed by atoms with Crippen molar-refractivity contribution >= 4 is 11.8 Å². The summed E-state index contributed by atoms with van der Waals surface area (Å²) in [5, 5.41) is 30.1. The van der Waals surface area contributed by atoms with Crippen molar-refractivity contribution < 1.29 is 24.5 Å². The Morgan fingerprint density at radius 2 is 1.97 bits per heavy atom. The highest BCUT2D eigenvalue weighted by molar-refractivity contribution is 5.90. The molecule has 0 unspecified atom stereocenters. The molecule has 0 saturated carbocycles. The molecular formula is C22H31N5O5. The second-order valence-electron chi connectivity index (χ2n) is 9.06. The fourth-order valence-electron chi connectivity index (χ4n) is 3.86. The van der Waals surface area contributed by atoms with Crippen LogP contribution < -0.4 is 10.1 Å². The van der Waals surface area contributed by atoms with Crippen molar-refractivity contribution in [2.75, 3.05) is 13.6 Å². The molecule has 3 rings (SSSR count). The molecule has 3 atom stereocenters. The Morgan fingerprint density at radius 3 is 2.56 bits per heavy atom. The summed E-state index contributed by atoms with van der Waals surface area (Å²) in [6.07, 6.45) is 1.12. The number of β-amino-alcohol motifs (C(OH)–C–C–N with tert-alkyl or cyclic N) is 1. The van der Waals surface area contributed by atoms with Crippen molar-refractivity contribution in [3.63, 3.8) is 0 Å². The summed E-state index contributed by atoms with van der Waals surface area (Å²) < 4.78 is 7.23. The van der Waals surface area contributed by atoms with Gasteiger partial charge in [0.05, 0.1) is 18.9 Å². The van der Waals surface area contributed by atoms with Gasteiger partial charge in [0.15, 0.2) is 0 Å². The van der Waals surface area contributed by atoms with Crippen LogP contribution in [0, 0.1) is 5.41 Å². The number of ether oxygens (including phenoxy) is 1. The molecule has 0 spiro atoms. The van der Waals surface area contributed by atoms with Gasteiger partial charge in [-0.15, -0.1) is 5.10 Å². The van der Waals surface area contributed by atoms with E-state index in [-0.39, 0.29) is 38.0 Å². The number of carbonyl (C=O) groups excluding carboxylic acids is 2. The van der Waals surface area contributed by atoms with Crippen molar-refractivity contribution in [2.24, 2.45) is 5.41 Å². The molecule has 3 N–H and O–H groups in total. The third-order valence-corrected chi connectivity index (χ3v) is 5.48. The molecule has 1 aromatic carbocycles. The molecule has 10 nitrogen and oxygen atoms in total. The third-order valence-electron chi connectivity index (χ3n) is 5.48. The van der Waals surface area contributed by atoms with Crippen LogP contribution in [0.4, 0.5) is 0 Å². The zero-order valence-corrected chi connectivity index (χ0v) is 18.9. The van der Waals surface area contributed by atoms with E-state index in [4.69, 9.17) is 9.84 Å². The number of hydrogen-bond donors (Lipinski definition) is 3. The summed E-state index contributed by atoms with van der Waals surface area (Å²) >= 11 is 0. The molecule has 10 heteroatoms. The molecule has 0 radical (unpaired) electrons. The Hall–Kier alpha value is -2.98. The standard InChI is InChI=1S/C22H31N5O5/c1-22(2,3)19(21(31)26-11-16(29)9-18(26)20(30)23-4)27-10-15(24-25-27)13-32-17-7-5-14(12-28)6-8-17/h5-8,10,16,18-19,28-29H,9,11-13H2,1-4H3,(H,23,30)/t16-,18+,19-/m1/s1. The first-order valence-corrected chi connectivity index (χ1v) is 10.6. The minimum atomic E-state index is -0.751. The van der Waals surface area contributed by atoms with Gasteiger partial charge in [0.25, 0.3) is 0 Å². The average Bonchev–Trinajstić information content (AvgIpc) is 3.37. The van der Waals surface area contributed by atoms with Crippen LogP contribution in [0.1, 0.15) is 44.5 Å². The Morgan fingerprint density at radius 1 is 1.28 bits per heavy atom. The number of aliphatic hydroxyl groups is 2. The molecule has 1 aromatic heterocycles. The monoisotopic (exact) mass is 445 g/mol. The van der Waals surface area contributed by atoms with E-state index in [1.807, 2.05) is 20.8 Å². The summed E-state index contributed by atoms with van der Waals surface area (Å²) in [7, 11) is 1.51. The van der Waals surface area contributed by atoms with Crippen LogP contribution in [-0.2, 0) is 22.8 Å². The third kappa shape index (κ3) is 5.25. The second kappa shape index (κ2) is 9.66. The van der Waals surface area contributed by atoms with E-state index in [9.17, 15) is 14.7 Å². The molecule has 2 heterocycles. The first-order valence-electron chi connectivity index (χ1n) is 10.6. The quantitative estimate of drug-likeness (QED) is 0.570. The van der Waals surface area contributed by atoms with Crippen LogP contribution in [0.5, 0.6) is 5.75 Å². The molecule has 2 aromatic rings. The SMILES string of the molecule is CNC(=O)[C@@H]1C[C@@H](O)CN1C(=O)[C@@H](n1cc(COc2ccc(CO)cc2)nn1)C(C)(C)C. The lowest BCUT2D eigenvalue weighted by molar-refractivity contribution is -0.144. The number of amides is 2. The number of aliphatic hydroxyl groups excluding tert-OH is 2. The zero-order chi connectivity index (χ0) is 23.5. The van der Waals surface area contributed by atoms with Gasteiger partial charge in [0, 0.05) is 20.0 Å². The highest BCUT2D eigenvalue weighted by Crippen LogP contribution is 2.34. The lowest BCUT2D eigenvalue weighted by Gasteiger charge is -2.34. The molecule has 1 saturated heterocycles. The first kappa shape index (κ1) is 23.7. The van der Waals surface area contributed by atoms with Crippen LogP contribution in [0.15, 0.2) is 30.5 Å². The predicted octanol–water partition coefficient (Wildman–Crippen LogP) is 0.644. The summed E-state index contributed by atoms with van der Waals surface area (Å²) in [6, 6.07) is 5.62. The minimum Gasteiger partial charge on any atom is -0.487 e. The van der Waals surface area contributed by atoms with Gasteiger partial charge in [-0.1, -0.05) is 38.1 Å². The van der Waals surface area contributed by atoms with Gasteiger partial charge in [-0.05, 0) is 23.1 Å². The van der Waals surface area contributed by atoms with Gasteiger partial charge in [0.2, 0.25) is 11.8 Å². The van der Waals surface area contributed by atoms with Crippen LogP contribution in [0.2, 0.25) is 0 Å². The number of benzene rings is 1. The minimum absolute atomic E-state index is 0.0361. The fourth-order valence-corrected chi connectivity index (χ4v) is 3.86. The molecule has 1 fully saturated rings. The summed E-state index contributed by atoms with van der Waals surface area (Å²) in [5.74, 6) is 0.0294. The molecule has 0 bridgehead atoms. The number of likely N-dealkylation sites (N-methyl/N-ethyl adjacent to an activating group) is 1. The summed E-state index contributed by atoms with van der Waals surface area (Å²) in [5.41, 5.74) is 0.809. The van der Waals surface area contributed by atoms with Gasteiger partial charge in [0.1, 0.15) is 30.1 Å². The van der Waals surface area contributed by atoms with E-state index >= 15 is 0 Å². The molecule has 1 aliphatic heterocycles. The number of carbonyl (C=O) groups is 2. The zero-order valence-electron chi connectivity index (χ0n) is 18.9. The lowest BCUT2D eigenvalue weighted by Crippen LogP contribution is -2.49. The fraction of sp³-hybridized carbons (Fsp3) is 0.545. The van der Waals surface area contributed by atoms with Crippen LogP contribution >= 0.6 is 0 Å². The Labute approximate surface area is 187 Å². The Kier molecular flexibility index (Phi) is 7.15. The Bertz CT molecular complexity index is 937. The first-order chi connectivity index (χ1) is 15.1. The summed E-state index contributed by atoms with van der Waals surface area (Å²) in [4.78, 5) is 27.2. The molecule has 174 valence electrons. The van der Waals surface area contributed by atoms with Gasteiger partial charge in [-0.25, -0.2) is 4.68 Å². The van der Waals surface area contributed by atoms with Crippen molar-refractivity contribution in [3.05, 3.63) is 41.7 Å². The molecule has 1 aliphatic rings. The second-order valence-corrected chi connectivity index (χ2v) is 9.06. The number of likely N-dealkylation sites (tertiary alicyclic amines) is 1. The molecule has 0 aliphatic carbocycles. The van der Waals surface area contributed by atoms with E-state index in [1.165, 1.54) is 16.6 Å². The lowest BCUT2D eigenvalue weighted by atomic mass is 9.85. The van der Waals surface area contributed by atoms with Gasteiger partial charge < -0.3 is 25.2 Å². The van der Waals surface area contributed by atoms with Gasteiger partial charge >= 0.3 is 0 Å². The van der Waals surface area contributed by atoms with Crippen molar-refractivity contribution in [2.45, 2.75) is 58.6 Å². The maximum absolute atomic E-state index is 13.5. The topological polar surface area (TPSA) is 130 Å². The van der Waals surface area contributed by atoms with Crippen LogP contribution in [-0.4, -0.2) is 67.7 Å². The van der Waals surface area contributed by atoms with E-state index in [2.05, 4.69) is 15.6 Å². The van der Waals surface area contributed by atoms with Crippen molar-refractivity contribution in [1.82, 2.24) is 25.2 Å². The maximum Gasteiger partial charge on any atom is 0.248 e. The van der Waals surface area contributed by atoms with Crippen molar-refractivity contribution in [3.8, 4) is 5.75 Å². The largest absolute Gasteiger partial charge is 0.487 e. The number of hydrogen-bond acceptors (Lipinski definition) is 7. The summed E-state index contributed by atoms with van der Waals surface area (Å²) in [6.45, 7) is 5.96. The molecule has 32 heavy (non-hydrogen) atoms. The number of aromatic nitrogens is 3. The Balaban J connectivity index is 1.77. The predicted molar refractivity (Wildman–Crippen MR) is 115 cm³/mol. The smallest absolute Gasteiger partial charge is 0.248 e. The van der Waals surface area contributed by atoms with Gasteiger partial charge in [-0.3, -0.25) is 9.59 Å². The van der Waals surface area contributed by atoms with Crippen molar-refractivity contribution in [1.29, 1.82) is 0 Å². The van der Waals surface area contributed by atoms with E-state index < -0.39 is 23.6 Å². The highest BCUT2D eigenvalue weighted by Gasteiger charge is 2.44. The number of nitrogens with one attached hydrogen (secondary N) is 1. The van der Waals surface area contributed by atoms with E-state index in [1.54, 1.807) is 30.5 Å². The van der Waals surface area contributed by atoms with Crippen LogP contribution in [0.25, 0.3) is 0 Å². The highest BCUT2D eigenvalue weighted by atomic mass is 16.5.